The number of amides is 1. The van der Waals surface area contributed by atoms with Crippen molar-refractivity contribution in [2.24, 2.45) is 5.84 Å². The lowest BCUT2D eigenvalue weighted by Gasteiger charge is -2.13. The fourth-order valence-electron chi connectivity index (χ4n) is 1.38. The molecule has 16 heavy (non-hydrogen) atoms. The molecule has 1 aromatic carbocycles. The van der Waals surface area contributed by atoms with Crippen molar-refractivity contribution in [3.63, 3.8) is 0 Å². The number of thioether (sulfide) groups is 1. The monoisotopic (exact) mass is 238 g/mol. The van der Waals surface area contributed by atoms with E-state index in [-0.39, 0.29) is 11.2 Å². The minimum absolute atomic E-state index is 0.0993. The molecule has 1 rings (SSSR count). The van der Waals surface area contributed by atoms with Crippen LogP contribution in [0.3, 0.4) is 0 Å². The van der Waals surface area contributed by atoms with Crippen LogP contribution in [0.2, 0.25) is 0 Å². The molecule has 0 aliphatic carbocycles. The number of carbonyl (C=O) groups excluding carboxylic acids is 1. The fourth-order valence-corrected chi connectivity index (χ4v) is 2.53. The zero-order valence-electron chi connectivity index (χ0n) is 9.69. The van der Waals surface area contributed by atoms with E-state index in [4.69, 9.17) is 5.84 Å². The Hall–Kier alpha value is -1.00. The van der Waals surface area contributed by atoms with Crippen LogP contribution in [0.4, 0.5) is 0 Å². The predicted molar refractivity (Wildman–Crippen MR) is 68.1 cm³/mol. The molecule has 0 spiro atoms. The van der Waals surface area contributed by atoms with Gasteiger partial charge in [0, 0.05) is 4.90 Å². The highest BCUT2D eigenvalue weighted by Crippen LogP contribution is 2.26. The van der Waals surface area contributed by atoms with E-state index in [2.05, 4.69) is 12.3 Å². The first kappa shape index (κ1) is 13.1. The zero-order valence-corrected chi connectivity index (χ0v) is 10.5. The lowest BCUT2D eigenvalue weighted by atomic mass is 10.2. The number of carbonyl (C=O) groups is 1. The summed E-state index contributed by atoms with van der Waals surface area (Å²) in [4.78, 5) is 12.6. The van der Waals surface area contributed by atoms with Crippen LogP contribution in [0.25, 0.3) is 0 Å². The van der Waals surface area contributed by atoms with Crippen molar-refractivity contribution in [1.29, 1.82) is 0 Å². The van der Waals surface area contributed by atoms with Gasteiger partial charge in [-0.15, -0.1) is 11.8 Å². The number of hydrogen-bond acceptors (Lipinski definition) is 3. The molecule has 88 valence electrons. The summed E-state index contributed by atoms with van der Waals surface area (Å²) in [6, 6.07) is 8.16. The number of rotatable bonds is 5. The van der Waals surface area contributed by atoms with Crippen molar-refractivity contribution in [2.45, 2.75) is 36.8 Å². The third kappa shape index (κ3) is 3.87. The summed E-state index contributed by atoms with van der Waals surface area (Å²) in [5.41, 5.74) is 3.44. The molecule has 0 saturated carbocycles. The Morgan fingerprint density at radius 2 is 2.06 bits per heavy atom. The largest absolute Gasteiger partial charge is 0.293 e. The lowest BCUT2D eigenvalue weighted by molar-refractivity contribution is -0.120. The van der Waals surface area contributed by atoms with Gasteiger partial charge in [0.25, 0.3) is 0 Å². The topological polar surface area (TPSA) is 55.1 Å². The summed E-state index contributed by atoms with van der Waals surface area (Å²) in [5, 5.41) is -0.0993. The van der Waals surface area contributed by atoms with Crippen molar-refractivity contribution in [2.75, 3.05) is 0 Å². The Morgan fingerprint density at radius 3 is 2.56 bits per heavy atom. The van der Waals surface area contributed by atoms with Crippen LogP contribution in [0.15, 0.2) is 29.2 Å². The highest BCUT2D eigenvalue weighted by atomic mass is 32.2. The summed E-state index contributed by atoms with van der Waals surface area (Å²) < 4.78 is 0. The summed E-state index contributed by atoms with van der Waals surface area (Å²) in [5.74, 6) is 5.06. The second-order valence-electron chi connectivity index (χ2n) is 3.72. The van der Waals surface area contributed by atoms with Gasteiger partial charge >= 0.3 is 0 Å². The Morgan fingerprint density at radius 1 is 1.44 bits per heavy atom. The zero-order chi connectivity index (χ0) is 12.0. The second-order valence-corrected chi connectivity index (χ2v) is 4.99. The molecule has 0 saturated heterocycles. The Labute approximate surface area is 101 Å². The lowest BCUT2D eigenvalue weighted by Crippen LogP contribution is -2.37. The number of nitrogens with one attached hydrogen (secondary N) is 1. The SMILES string of the molecule is CCCC(Sc1ccc(C)cc1)C(=O)NN. The summed E-state index contributed by atoms with van der Waals surface area (Å²) >= 11 is 1.56. The second kappa shape index (κ2) is 6.55. The molecule has 1 aromatic rings. The van der Waals surface area contributed by atoms with E-state index < -0.39 is 0 Å². The molecule has 1 unspecified atom stereocenters. The number of hydrazine groups is 1. The van der Waals surface area contributed by atoms with Crippen molar-refractivity contribution in [3.05, 3.63) is 29.8 Å². The van der Waals surface area contributed by atoms with Gasteiger partial charge in [-0.25, -0.2) is 5.84 Å². The quantitative estimate of drug-likeness (QED) is 0.358. The average Bonchev–Trinajstić information content (AvgIpc) is 2.30. The smallest absolute Gasteiger partial charge is 0.247 e. The molecule has 0 bridgehead atoms. The van der Waals surface area contributed by atoms with Crippen molar-refractivity contribution in [1.82, 2.24) is 5.43 Å². The summed E-state index contributed by atoms with van der Waals surface area (Å²) in [6.45, 7) is 4.11. The molecular formula is C12H18N2OS. The van der Waals surface area contributed by atoms with Gasteiger partial charge < -0.3 is 0 Å². The van der Waals surface area contributed by atoms with Crippen LogP contribution in [0.5, 0.6) is 0 Å². The molecule has 1 atom stereocenters. The Kier molecular flexibility index (Phi) is 5.35. The van der Waals surface area contributed by atoms with Crippen LogP contribution in [0.1, 0.15) is 25.3 Å². The van der Waals surface area contributed by atoms with Gasteiger partial charge in [0.1, 0.15) is 0 Å². The predicted octanol–water partition coefficient (Wildman–Crippen LogP) is 2.25. The van der Waals surface area contributed by atoms with Crippen molar-refractivity contribution >= 4 is 17.7 Å². The van der Waals surface area contributed by atoms with Crippen LogP contribution in [-0.4, -0.2) is 11.2 Å². The van der Waals surface area contributed by atoms with E-state index >= 15 is 0 Å². The van der Waals surface area contributed by atoms with E-state index in [0.29, 0.717) is 0 Å². The molecule has 0 fully saturated rings. The maximum atomic E-state index is 11.5. The third-order valence-electron chi connectivity index (χ3n) is 2.28. The Balaban J connectivity index is 2.67. The maximum absolute atomic E-state index is 11.5. The maximum Gasteiger partial charge on any atom is 0.247 e. The number of nitrogens with two attached hydrogens (primary N) is 1. The standard InChI is InChI=1S/C12H18N2OS/c1-3-4-11(12(15)14-13)16-10-7-5-9(2)6-8-10/h5-8,11H,3-4,13H2,1-2H3,(H,14,15). The molecule has 0 aliphatic heterocycles. The molecule has 0 radical (unpaired) electrons. The van der Waals surface area contributed by atoms with E-state index in [9.17, 15) is 4.79 Å². The van der Waals surface area contributed by atoms with Gasteiger partial charge in [-0.05, 0) is 25.5 Å². The van der Waals surface area contributed by atoms with E-state index in [1.54, 1.807) is 11.8 Å². The van der Waals surface area contributed by atoms with Crippen molar-refractivity contribution < 1.29 is 4.79 Å². The van der Waals surface area contributed by atoms with Crippen molar-refractivity contribution in [3.8, 4) is 0 Å². The molecule has 3 N–H and O–H groups in total. The van der Waals surface area contributed by atoms with Gasteiger partial charge in [0.15, 0.2) is 0 Å². The molecule has 0 aliphatic rings. The molecule has 0 aromatic heterocycles. The first-order chi connectivity index (χ1) is 7.67. The molecule has 1 amide bonds. The summed E-state index contributed by atoms with van der Waals surface area (Å²) in [7, 11) is 0. The minimum Gasteiger partial charge on any atom is -0.293 e. The Bertz CT molecular complexity index is 337. The highest BCUT2D eigenvalue weighted by molar-refractivity contribution is 8.00. The van der Waals surface area contributed by atoms with E-state index in [0.717, 1.165) is 17.7 Å². The number of aryl methyl sites for hydroxylation is 1. The number of benzene rings is 1. The first-order valence-electron chi connectivity index (χ1n) is 5.41. The van der Waals surface area contributed by atoms with Crippen LogP contribution >= 0.6 is 11.8 Å². The molecule has 3 nitrogen and oxygen atoms in total. The fraction of sp³-hybridized carbons (Fsp3) is 0.417. The average molecular weight is 238 g/mol. The van der Waals surface area contributed by atoms with Gasteiger partial charge in [-0.3, -0.25) is 10.2 Å². The number of hydrogen-bond donors (Lipinski definition) is 2. The minimum atomic E-state index is -0.104. The first-order valence-corrected chi connectivity index (χ1v) is 6.29. The van der Waals surface area contributed by atoms with Crippen LogP contribution in [-0.2, 0) is 4.79 Å². The highest BCUT2D eigenvalue weighted by Gasteiger charge is 2.17. The van der Waals surface area contributed by atoms with Gasteiger partial charge in [-0.2, -0.15) is 0 Å². The third-order valence-corrected chi connectivity index (χ3v) is 3.56. The normalized spacial score (nSPS) is 12.2. The van der Waals surface area contributed by atoms with Gasteiger partial charge in [0.05, 0.1) is 5.25 Å². The molecule has 0 heterocycles. The van der Waals surface area contributed by atoms with Gasteiger partial charge in [0.2, 0.25) is 5.91 Å². The van der Waals surface area contributed by atoms with Crippen LogP contribution < -0.4 is 11.3 Å². The molecule has 4 heteroatoms. The molecular weight excluding hydrogens is 220 g/mol. The summed E-state index contributed by atoms with van der Waals surface area (Å²) in [6.07, 6.45) is 1.80. The van der Waals surface area contributed by atoms with E-state index in [1.165, 1.54) is 5.56 Å². The van der Waals surface area contributed by atoms with Gasteiger partial charge in [-0.1, -0.05) is 31.0 Å². The van der Waals surface area contributed by atoms with E-state index in [1.807, 2.05) is 31.2 Å². The van der Waals surface area contributed by atoms with Crippen LogP contribution in [0, 0.1) is 6.92 Å².